The Morgan fingerprint density at radius 1 is 0.405 bits per heavy atom. The van der Waals surface area contributed by atoms with Gasteiger partial charge in [0.2, 0.25) is 59.1 Å². The largest absolute Gasteiger partial charge is 0.481 e. The standard InChI is InChI=1S/C49H88N18O17/c1-23(2)36(66-39(75)26(51)13-17-34(70)71)45(81)63-29(14-16-33(52)69)41(77)60-27(11-8-20-57-48(53)54)40(76)62-30(15-18-35(72)73)42(78)61-28(12-9-21-58-49(55)56)43(79)67-37(24(3)4)46(82)65-32(22-68)44(80)59-25(5)38(74)64-31(47(83)84)10-6-7-19-50/h23-32,36-37,68H,6-22,50-51H2,1-5H3,(H2,52,69)(H,59,80)(H,60,77)(H,61,78)(H,62,76)(H,63,81)(H,64,74)(H,65,82)(H,66,75)(H,67,79)(H,70,71)(H,72,73)(H,83,84)(H4,53,54,57)(H4,55,56,58)/t25-,26-,27-,28-,29-,30-,31-,32-,36-,37-/m0/s1. The van der Waals surface area contributed by atoms with Crippen molar-refractivity contribution >= 4 is 88.9 Å². The number of hydrogen-bond acceptors (Lipinski definition) is 18. The highest BCUT2D eigenvalue weighted by atomic mass is 16.4. The molecule has 10 atom stereocenters. The summed E-state index contributed by atoms with van der Waals surface area (Å²) < 4.78 is 0. The van der Waals surface area contributed by atoms with Gasteiger partial charge in [-0.3, -0.25) is 67.5 Å². The smallest absolute Gasteiger partial charge is 0.326 e. The van der Waals surface area contributed by atoms with Gasteiger partial charge >= 0.3 is 17.9 Å². The van der Waals surface area contributed by atoms with Crippen LogP contribution in [0.5, 0.6) is 0 Å². The first kappa shape index (κ1) is 75.5. The van der Waals surface area contributed by atoms with Gasteiger partial charge in [0, 0.05) is 32.4 Å². The molecule has 0 saturated carbocycles. The van der Waals surface area contributed by atoms with Crippen molar-refractivity contribution in [2.24, 2.45) is 62.0 Å². The van der Waals surface area contributed by atoms with Crippen LogP contribution in [0, 0.1) is 11.8 Å². The number of aliphatic hydroxyl groups is 1. The van der Waals surface area contributed by atoms with E-state index in [2.05, 4.69) is 57.8 Å². The molecule has 0 unspecified atom stereocenters. The van der Waals surface area contributed by atoms with E-state index in [-0.39, 0.29) is 63.5 Å². The third kappa shape index (κ3) is 31.1. The number of amides is 10. The SMILES string of the molecule is CC(C)[C@H](NC(=O)[C@H](CCCN=C(N)N)NC(=O)[C@H](CCC(=O)O)NC(=O)[C@H](CCCN=C(N)N)NC(=O)[C@H](CCC(N)=O)NC(=O)[C@@H](NC(=O)[C@@H](N)CCC(=O)O)C(C)C)C(=O)N[C@@H](CO)C(=O)N[C@@H](C)C(=O)N[C@@H](CCCCN)C(=O)O. The summed E-state index contributed by atoms with van der Waals surface area (Å²) in [6.07, 6.45) is -2.73. The maximum absolute atomic E-state index is 14.3. The molecule has 0 bridgehead atoms. The van der Waals surface area contributed by atoms with Crippen molar-refractivity contribution in [1.29, 1.82) is 0 Å². The lowest BCUT2D eigenvalue weighted by atomic mass is 10.0. The lowest BCUT2D eigenvalue weighted by Crippen LogP contribution is -2.61. The highest BCUT2D eigenvalue weighted by Gasteiger charge is 2.36. The summed E-state index contributed by atoms with van der Waals surface area (Å²) in [5.41, 5.74) is 38.5. The van der Waals surface area contributed by atoms with E-state index in [4.69, 9.17) is 45.2 Å². The normalized spacial score (nSPS) is 14.5. The molecule has 84 heavy (non-hydrogen) atoms. The van der Waals surface area contributed by atoms with Gasteiger partial charge in [-0.1, -0.05) is 27.7 Å². The van der Waals surface area contributed by atoms with Crippen LogP contribution in [0.2, 0.25) is 0 Å². The highest BCUT2D eigenvalue weighted by Crippen LogP contribution is 2.12. The monoisotopic (exact) mass is 1200 g/mol. The number of guanidine groups is 2. The quantitative estimate of drug-likeness (QED) is 0.0153. The minimum Gasteiger partial charge on any atom is -0.481 e. The number of aliphatic carboxylic acids is 3. The minimum absolute atomic E-state index is 0.0115. The topological polar surface area (TPSA) is 618 Å². The summed E-state index contributed by atoms with van der Waals surface area (Å²) in [5, 5.41) is 59.8. The van der Waals surface area contributed by atoms with Gasteiger partial charge in [-0.15, -0.1) is 0 Å². The van der Waals surface area contributed by atoms with Crippen LogP contribution in [-0.2, 0) is 62.3 Å². The molecule has 27 N–H and O–H groups in total. The van der Waals surface area contributed by atoms with Crippen LogP contribution < -0.4 is 88.0 Å². The molecule has 0 aliphatic carbocycles. The number of primary amides is 1. The van der Waals surface area contributed by atoms with Gasteiger partial charge in [-0.2, -0.15) is 0 Å². The van der Waals surface area contributed by atoms with Crippen LogP contribution in [0.1, 0.15) is 118 Å². The second kappa shape index (κ2) is 39.9. The number of unbranched alkanes of at least 4 members (excludes halogenated alkanes) is 1. The first-order valence-corrected chi connectivity index (χ1v) is 27.1. The van der Waals surface area contributed by atoms with Crippen molar-refractivity contribution in [2.75, 3.05) is 26.2 Å². The summed E-state index contributed by atoms with van der Waals surface area (Å²) in [6, 6.07) is -15.3. The van der Waals surface area contributed by atoms with Gasteiger partial charge in [-0.05, 0) is 89.5 Å². The van der Waals surface area contributed by atoms with Crippen LogP contribution in [0.15, 0.2) is 9.98 Å². The average Bonchev–Trinajstić information content (AvgIpc) is 3.56. The molecular formula is C49H88N18O17. The van der Waals surface area contributed by atoms with Gasteiger partial charge in [0.25, 0.3) is 0 Å². The average molecular weight is 1200 g/mol. The Morgan fingerprint density at radius 2 is 0.762 bits per heavy atom. The van der Waals surface area contributed by atoms with Gasteiger partial charge < -0.3 is 108 Å². The molecule has 0 saturated heterocycles. The van der Waals surface area contributed by atoms with Crippen LogP contribution in [0.25, 0.3) is 0 Å². The molecule has 10 amide bonds. The lowest BCUT2D eigenvalue weighted by Gasteiger charge is -2.29. The molecule has 0 fully saturated rings. The van der Waals surface area contributed by atoms with Crippen molar-refractivity contribution in [3.63, 3.8) is 0 Å². The summed E-state index contributed by atoms with van der Waals surface area (Å²) in [6.45, 7) is 6.36. The summed E-state index contributed by atoms with van der Waals surface area (Å²) >= 11 is 0. The molecular weight excluding hydrogens is 1110 g/mol. The van der Waals surface area contributed by atoms with E-state index in [1.54, 1.807) is 0 Å². The Labute approximate surface area is 485 Å². The predicted octanol–water partition coefficient (Wildman–Crippen LogP) is -7.68. The molecule has 0 radical (unpaired) electrons. The maximum Gasteiger partial charge on any atom is 0.326 e. The van der Waals surface area contributed by atoms with E-state index in [0.29, 0.717) is 19.4 Å². The number of rotatable bonds is 43. The molecule has 0 aromatic rings. The zero-order valence-corrected chi connectivity index (χ0v) is 48.0. The molecule has 35 heteroatoms. The number of hydrogen-bond donors (Lipinski definition) is 20. The second-order valence-electron chi connectivity index (χ2n) is 20.2. The number of nitrogens with zero attached hydrogens (tertiary/aromatic N) is 2. The lowest BCUT2D eigenvalue weighted by molar-refractivity contribution is -0.142. The number of aliphatic imine (C=N–C) groups is 2. The third-order valence-corrected chi connectivity index (χ3v) is 12.4. The highest BCUT2D eigenvalue weighted by molar-refractivity contribution is 5.99. The van der Waals surface area contributed by atoms with E-state index in [0.717, 1.165) is 0 Å². The number of carbonyl (C=O) groups is 13. The fourth-order valence-corrected chi connectivity index (χ4v) is 7.59. The van der Waals surface area contributed by atoms with E-state index in [1.807, 2.05) is 0 Å². The number of carboxylic acids is 3. The molecule has 0 rings (SSSR count). The number of carboxylic acid groups (broad SMARTS) is 3. The summed E-state index contributed by atoms with van der Waals surface area (Å²) in [5.74, 6) is -16.2. The number of aliphatic hydroxyl groups excluding tert-OH is 1. The fraction of sp³-hybridized carbons (Fsp3) is 0.694. The Hall–Kier alpha value is -8.47. The molecule has 35 nitrogen and oxygen atoms in total. The van der Waals surface area contributed by atoms with E-state index >= 15 is 0 Å². The van der Waals surface area contributed by atoms with E-state index < -0.39 is 188 Å². The summed E-state index contributed by atoms with van der Waals surface area (Å²) in [4.78, 5) is 177. The van der Waals surface area contributed by atoms with Crippen LogP contribution in [-0.4, -0.2) is 196 Å². The van der Waals surface area contributed by atoms with Crippen LogP contribution in [0.4, 0.5) is 0 Å². The molecule has 0 aliphatic heterocycles. The fourth-order valence-electron chi connectivity index (χ4n) is 7.59. The first-order valence-electron chi connectivity index (χ1n) is 27.1. The van der Waals surface area contributed by atoms with Crippen molar-refractivity contribution in [2.45, 2.75) is 179 Å². The van der Waals surface area contributed by atoms with Crippen molar-refractivity contribution < 1.29 is 82.8 Å². The maximum atomic E-state index is 14.3. The molecule has 0 spiro atoms. The van der Waals surface area contributed by atoms with Crippen LogP contribution >= 0.6 is 0 Å². The van der Waals surface area contributed by atoms with Crippen molar-refractivity contribution in [1.82, 2.24) is 47.9 Å². The summed E-state index contributed by atoms with van der Waals surface area (Å²) in [7, 11) is 0. The number of carbonyl (C=O) groups excluding carboxylic acids is 10. The molecule has 0 aromatic heterocycles. The Morgan fingerprint density at radius 3 is 1.15 bits per heavy atom. The Bertz CT molecular complexity index is 2310. The van der Waals surface area contributed by atoms with Gasteiger partial charge in [0.05, 0.1) is 12.6 Å². The Kier molecular flexibility index (Phi) is 35.9. The van der Waals surface area contributed by atoms with E-state index in [9.17, 15) is 77.6 Å². The Balaban J connectivity index is 6.95. The second-order valence-corrected chi connectivity index (χ2v) is 20.2. The molecule has 0 heterocycles. The molecule has 0 aliphatic rings. The minimum atomic E-state index is -1.79. The van der Waals surface area contributed by atoms with Gasteiger partial charge in [-0.25, -0.2) is 4.79 Å². The third-order valence-electron chi connectivity index (χ3n) is 12.4. The molecule has 0 aromatic carbocycles. The number of nitrogens with one attached hydrogen (secondary N) is 9. The van der Waals surface area contributed by atoms with Crippen LogP contribution in [0.3, 0.4) is 0 Å². The van der Waals surface area contributed by atoms with Crippen molar-refractivity contribution in [3.05, 3.63) is 0 Å². The number of nitrogens with two attached hydrogens (primary N) is 7. The molecule has 476 valence electrons. The van der Waals surface area contributed by atoms with E-state index in [1.165, 1.54) is 34.6 Å². The zero-order chi connectivity index (χ0) is 64.4. The zero-order valence-electron chi connectivity index (χ0n) is 48.0. The van der Waals surface area contributed by atoms with Crippen molar-refractivity contribution in [3.8, 4) is 0 Å². The van der Waals surface area contributed by atoms with Gasteiger partial charge in [0.1, 0.15) is 54.4 Å². The first-order chi connectivity index (χ1) is 39.3. The predicted molar refractivity (Wildman–Crippen MR) is 300 cm³/mol. The van der Waals surface area contributed by atoms with Gasteiger partial charge in [0.15, 0.2) is 11.9 Å².